The first kappa shape index (κ1) is 8.15. The second-order valence-electron chi connectivity index (χ2n) is 2.81. The highest BCUT2D eigenvalue weighted by molar-refractivity contribution is 5.37. The maximum Gasteiger partial charge on any atom is 0.155 e. The van der Waals surface area contributed by atoms with E-state index in [1.807, 2.05) is 12.1 Å². The zero-order valence-corrected chi connectivity index (χ0v) is 6.96. The van der Waals surface area contributed by atoms with Gasteiger partial charge >= 0.3 is 0 Å². The predicted octanol–water partition coefficient (Wildman–Crippen LogP) is -0.279. The standard InChI is InChI=1S/C8H10N4O/c9-7(4-13)6-1-2-8-10-5-11-12(8)3-6/h1-3,5,7,13H,4,9H2. The largest absolute Gasteiger partial charge is 0.394 e. The fraction of sp³-hybridized carbons (Fsp3) is 0.250. The number of nitrogens with two attached hydrogens (primary N) is 1. The van der Waals surface area contributed by atoms with Crippen LogP contribution in [0.25, 0.3) is 5.65 Å². The van der Waals surface area contributed by atoms with Crippen molar-refractivity contribution in [2.45, 2.75) is 6.04 Å². The van der Waals surface area contributed by atoms with E-state index in [9.17, 15) is 0 Å². The van der Waals surface area contributed by atoms with Gasteiger partial charge < -0.3 is 10.8 Å². The summed E-state index contributed by atoms with van der Waals surface area (Å²) in [5.41, 5.74) is 7.26. The van der Waals surface area contributed by atoms with Crippen molar-refractivity contribution < 1.29 is 5.11 Å². The van der Waals surface area contributed by atoms with E-state index in [0.717, 1.165) is 11.2 Å². The number of hydrogen-bond acceptors (Lipinski definition) is 4. The summed E-state index contributed by atoms with van der Waals surface area (Å²) >= 11 is 0. The number of aromatic nitrogens is 3. The SMILES string of the molecule is NC(CO)c1ccc2ncnn2c1. The Labute approximate surface area is 74.8 Å². The summed E-state index contributed by atoms with van der Waals surface area (Å²) in [7, 11) is 0. The molecule has 1 atom stereocenters. The van der Waals surface area contributed by atoms with E-state index < -0.39 is 0 Å². The van der Waals surface area contributed by atoms with Gasteiger partial charge in [0.1, 0.15) is 6.33 Å². The summed E-state index contributed by atoms with van der Waals surface area (Å²) in [4.78, 5) is 3.99. The number of aliphatic hydroxyl groups is 1. The quantitative estimate of drug-likeness (QED) is 0.663. The van der Waals surface area contributed by atoms with E-state index in [4.69, 9.17) is 10.8 Å². The smallest absolute Gasteiger partial charge is 0.155 e. The van der Waals surface area contributed by atoms with E-state index in [2.05, 4.69) is 10.1 Å². The molecule has 2 aromatic rings. The fourth-order valence-electron chi connectivity index (χ4n) is 1.16. The minimum Gasteiger partial charge on any atom is -0.394 e. The van der Waals surface area contributed by atoms with Crippen LogP contribution in [0.2, 0.25) is 0 Å². The topological polar surface area (TPSA) is 76.4 Å². The summed E-state index contributed by atoms with van der Waals surface area (Å²) in [5.74, 6) is 0. The fourth-order valence-corrected chi connectivity index (χ4v) is 1.16. The first-order chi connectivity index (χ1) is 6.31. The molecule has 0 spiro atoms. The summed E-state index contributed by atoms with van der Waals surface area (Å²) in [6.07, 6.45) is 3.24. The second-order valence-corrected chi connectivity index (χ2v) is 2.81. The van der Waals surface area contributed by atoms with Gasteiger partial charge in [-0.15, -0.1) is 0 Å². The lowest BCUT2D eigenvalue weighted by molar-refractivity contribution is 0.267. The molecule has 68 valence electrons. The minimum absolute atomic E-state index is 0.0692. The van der Waals surface area contributed by atoms with Crippen molar-refractivity contribution in [1.82, 2.24) is 14.6 Å². The molecule has 0 aliphatic rings. The summed E-state index contributed by atoms with van der Waals surface area (Å²) in [6, 6.07) is 3.30. The highest BCUT2D eigenvalue weighted by atomic mass is 16.3. The van der Waals surface area contributed by atoms with E-state index in [1.54, 1.807) is 10.7 Å². The molecule has 13 heavy (non-hydrogen) atoms. The number of fused-ring (bicyclic) bond motifs is 1. The van der Waals surface area contributed by atoms with E-state index in [1.165, 1.54) is 6.33 Å². The highest BCUT2D eigenvalue weighted by Crippen LogP contribution is 2.09. The van der Waals surface area contributed by atoms with Crippen LogP contribution in [0.3, 0.4) is 0 Å². The Morgan fingerprint density at radius 3 is 3.15 bits per heavy atom. The van der Waals surface area contributed by atoms with Crippen LogP contribution in [0.5, 0.6) is 0 Å². The molecule has 5 nitrogen and oxygen atoms in total. The van der Waals surface area contributed by atoms with Gasteiger partial charge in [-0.3, -0.25) is 0 Å². The van der Waals surface area contributed by atoms with Crippen LogP contribution >= 0.6 is 0 Å². The molecule has 5 heteroatoms. The maximum absolute atomic E-state index is 8.84. The van der Waals surface area contributed by atoms with Crippen LogP contribution in [0.15, 0.2) is 24.7 Å². The van der Waals surface area contributed by atoms with E-state index in [-0.39, 0.29) is 12.6 Å². The molecule has 2 rings (SSSR count). The molecule has 3 N–H and O–H groups in total. The summed E-state index contributed by atoms with van der Waals surface area (Å²) in [6.45, 7) is -0.0692. The molecule has 0 aliphatic carbocycles. The summed E-state index contributed by atoms with van der Waals surface area (Å²) < 4.78 is 1.63. The Kier molecular flexibility index (Phi) is 1.96. The van der Waals surface area contributed by atoms with Gasteiger partial charge in [-0.25, -0.2) is 9.50 Å². The van der Waals surface area contributed by atoms with Crippen molar-refractivity contribution in [3.05, 3.63) is 30.2 Å². The molecule has 0 aliphatic heterocycles. The number of rotatable bonds is 2. The molecule has 0 saturated heterocycles. The molecule has 0 aromatic carbocycles. The van der Waals surface area contributed by atoms with Crippen LogP contribution in [0, 0.1) is 0 Å². The molecule has 2 heterocycles. The van der Waals surface area contributed by atoms with Gasteiger partial charge in [-0.05, 0) is 11.6 Å². The van der Waals surface area contributed by atoms with Crippen LogP contribution in [0.4, 0.5) is 0 Å². The third-order valence-corrected chi connectivity index (χ3v) is 1.92. The van der Waals surface area contributed by atoms with Gasteiger partial charge in [0.2, 0.25) is 0 Å². The van der Waals surface area contributed by atoms with Crippen molar-refractivity contribution in [2.75, 3.05) is 6.61 Å². The predicted molar refractivity (Wildman–Crippen MR) is 47.0 cm³/mol. The van der Waals surface area contributed by atoms with Crippen molar-refractivity contribution in [2.24, 2.45) is 5.73 Å². The van der Waals surface area contributed by atoms with E-state index >= 15 is 0 Å². The molecule has 2 aromatic heterocycles. The van der Waals surface area contributed by atoms with Gasteiger partial charge in [0.05, 0.1) is 12.6 Å². The Morgan fingerprint density at radius 1 is 1.54 bits per heavy atom. The van der Waals surface area contributed by atoms with Crippen molar-refractivity contribution >= 4 is 5.65 Å². The third-order valence-electron chi connectivity index (χ3n) is 1.92. The lowest BCUT2D eigenvalue weighted by Crippen LogP contribution is -2.15. The zero-order valence-electron chi connectivity index (χ0n) is 6.96. The Morgan fingerprint density at radius 2 is 2.38 bits per heavy atom. The molecule has 0 amide bonds. The maximum atomic E-state index is 8.84. The number of hydrogen-bond donors (Lipinski definition) is 2. The van der Waals surface area contributed by atoms with Crippen molar-refractivity contribution in [3.8, 4) is 0 Å². The highest BCUT2D eigenvalue weighted by Gasteiger charge is 2.05. The minimum atomic E-state index is -0.353. The van der Waals surface area contributed by atoms with Gasteiger partial charge in [-0.2, -0.15) is 5.10 Å². The Bertz CT molecular complexity index is 411. The lowest BCUT2D eigenvalue weighted by atomic mass is 10.1. The first-order valence-corrected chi connectivity index (χ1v) is 3.97. The molecule has 0 saturated carbocycles. The number of aliphatic hydroxyl groups excluding tert-OH is 1. The van der Waals surface area contributed by atoms with Gasteiger partial charge in [-0.1, -0.05) is 6.07 Å². The first-order valence-electron chi connectivity index (χ1n) is 3.97. The van der Waals surface area contributed by atoms with Crippen LogP contribution in [-0.2, 0) is 0 Å². The van der Waals surface area contributed by atoms with Gasteiger partial charge in [0.15, 0.2) is 5.65 Å². The Balaban J connectivity index is 2.48. The molecule has 0 fully saturated rings. The molecule has 0 radical (unpaired) electrons. The van der Waals surface area contributed by atoms with Crippen LogP contribution < -0.4 is 5.73 Å². The van der Waals surface area contributed by atoms with Crippen LogP contribution in [-0.4, -0.2) is 26.3 Å². The summed E-state index contributed by atoms with van der Waals surface area (Å²) in [5, 5.41) is 12.8. The third kappa shape index (κ3) is 1.39. The molecular weight excluding hydrogens is 168 g/mol. The molecule has 0 bridgehead atoms. The average Bonchev–Trinajstić information content (AvgIpc) is 2.63. The number of pyridine rings is 1. The van der Waals surface area contributed by atoms with Gasteiger partial charge in [0, 0.05) is 6.20 Å². The lowest BCUT2D eigenvalue weighted by Gasteiger charge is -2.07. The zero-order chi connectivity index (χ0) is 9.26. The number of nitrogens with zero attached hydrogens (tertiary/aromatic N) is 3. The van der Waals surface area contributed by atoms with E-state index in [0.29, 0.717) is 0 Å². The second kappa shape index (κ2) is 3.12. The van der Waals surface area contributed by atoms with Gasteiger partial charge in [0.25, 0.3) is 0 Å². The van der Waals surface area contributed by atoms with Crippen molar-refractivity contribution in [3.63, 3.8) is 0 Å². The monoisotopic (exact) mass is 178 g/mol. The van der Waals surface area contributed by atoms with Crippen molar-refractivity contribution in [1.29, 1.82) is 0 Å². The average molecular weight is 178 g/mol. The van der Waals surface area contributed by atoms with Crippen LogP contribution in [0.1, 0.15) is 11.6 Å². The normalized spacial score (nSPS) is 13.4. The molecule has 1 unspecified atom stereocenters. The molecular formula is C8H10N4O. The Hall–Kier alpha value is -1.46.